The van der Waals surface area contributed by atoms with Crippen molar-refractivity contribution in [2.24, 2.45) is 16.3 Å². The number of nitrogens with zero attached hydrogens (tertiary/aromatic N) is 2. The van der Waals surface area contributed by atoms with E-state index in [1.54, 1.807) is 29.7 Å². The summed E-state index contributed by atoms with van der Waals surface area (Å²) in [6, 6.07) is 14.3. The van der Waals surface area contributed by atoms with E-state index in [1.165, 1.54) is 22.6 Å². The van der Waals surface area contributed by atoms with Gasteiger partial charge in [-0.15, -0.1) is 11.3 Å². The molecular weight excluding hydrogens is 459 g/mol. The Labute approximate surface area is 211 Å². The summed E-state index contributed by atoms with van der Waals surface area (Å²) in [5.41, 5.74) is 3.90. The fraction of sp³-hybridized carbons (Fsp3) is 0.379. The van der Waals surface area contributed by atoms with Gasteiger partial charge in [0, 0.05) is 11.1 Å². The molecule has 1 aliphatic rings. The van der Waals surface area contributed by atoms with E-state index in [2.05, 4.69) is 26.8 Å². The molecule has 0 saturated heterocycles. The molecular formula is C29H31FN2O2S. The zero-order valence-corrected chi connectivity index (χ0v) is 21.5. The van der Waals surface area contributed by atoms with Crippen LogP contribution in [0.2, 0.25) is 0 Å². The number of fused-ring (bicyclic) bond motifs is 1. The normalized spacial score (nSPS) is 15.6. The summed E-state index contributed by atoms with van der Waals surface area (Å²) in [6.45, 7) is 9.62. The molecule has 3 aromatic rings. The standard InChI is InChI=1S/C29H31FN2O2S/c1-5-33-26-14-20(8-13-25(26)34-18-19-6-10-22(30)11-7-19)17-32-28-24(16-31)23-12-9-21(29(2,3)4)15-27(23)35-28/h6-8,10-11,13-14,17,21H,5,9,12,15,18H2,1-4H3/t21-/m0/s1. The highest BCUT2D eigenvalue weighted by atomic mass is 32.1. The van der Waals surface area contributed by atoms with Gasteiger partial charge in [-0.1, -0.05) is 32.9 Å². The first-order valence-corrected chi connectivity index (χ1v) is 12.8. The van der Waals surface area contributed by atoms with Gasteiger partial charge in [0.2, 0.25) is 0 Å². The lowest BCUT2D eigenvalue weighted by Gasteiger charge is -2.33. The molecule has 1 atom stereocenters. The van der Waals surface area contributed by atoms with Gasteiger partial charge in [0.25, 0.3) is 0 Å². The van der Waals surface area contributed by atoms with Crippen LogP contribution in [0, 0.1) is 28.5 Å². The van der Waals surface area contributed by atoms with E-state index in [1.807, 2.05) is 25.1 Å². The summed E-state index contributed by atoms with van der Waals surface area (Å²) < 4.78 is 24.9. The largest absolute Gasteiger partial charge is 0.490 e. The van der Waals surface area contributed by atoms with Gasteiger partial charge >= 0.3 is 0 Å². The first kappa shape index (κ1) is 24.9. The molecule has 0 radical (unpaired) electrons. The van der Waals surface area contributed by atoms with E-state index in [0.29, 0.717) is 30.6 Å². The van der Waals surface area contributed by atoms with Crippen LogP contribution in [0.15, 0.2) is 47.5 Å². The molecule has 0 saturated carbocycles. The first-order valence-electron chi connectivity index (χ1n) is 12.0. The average molecular weight is 491 g/mol. The number of aliphatic imine (C=N–C) groups is 1. The Balaban J connectivity index is 1.53. The van der Waals surface area contributed by atoms with E-state index in [4.69, 9.17) is 14.5 Å². The van der Waals surface area contributed by atoms with Gasteiger partial charge in [0.05, 0.1) is 12.2 Å². The van der Waals surface area contributed by atoms with Crippen LogP contribution in [0.4, 0.5) is 9.39 Å². The van der Waals surface area contributed by atoms with Gasteiger partial charge in [-0.2, -0.15) is 5.26 Å². The average Bonchev–Trinajstić information content (AvgIpc) is 3.19. The highest BCUT2D eigenvalue weighted by molar-refractivity contribution is 7.16. The Morgan fingerprint density at radius 2 is 1.91 bits per heavy atom. The smallest absolute Gasteiger partial charge is 0.161 e. The SMILES string of the molecule is CCOc1cc(C=Nc2sc3c(c2C#N)CC[C@H](C(C)(C)C)C3)ccc1OCc1ccc(F)cc1. The van der Waals surface area contributed by atoms with Crippen molar-refractivity contribution >= 4 is 22.6 Å². The molecule has 0 bridgehead atoms. The van der Waals surface area contributed by atoms with Gasteiger partial charge in [0.1, 0.15) is 23.5 Å². The number of ether oxygens (including phenoxy) is 2. The van der Waals surface area contributed by atoms with Crippen molar-refractivity contribution < 1.29 is 13.9 Å². The third-order valence-corrected chi connectivity index (χ3v) is 7.65. The monoisotopic (exact) mass is 490 g/mol. The number of thiophene rings is 1. The third-order valence-electron chi connectivity index (χ3n) is 6.49. The zero-order valence-electron chi connectivity index (χ0n) is 20.7. The lowest BCUT2D eigenvalue weighted by Crippen LogP contribution is -2.26. The van der Waals surface area contributed by atoms with Crippen LogP contribution in [0.5, 0.6) is 11.5 Å². The minimum atomic E-state index is -0.271. The second-order valence-electron chi connectivity index (χ2n) is 9.91. The van der Waals surface area contributed by atoms with Gasteiger partial charge in [0.15, 0.2) is 11.5 Å². The molecule has 0 amide bonds. The second kappa shape index (κ2) is 10.6. The van der Waals surface area contributed by atoms with Gasteiger partial charge in [-0.3, -0.25) is 0 Å². The summed E-state index contributed by atoms with van der Waals surface area (Å²) in [5.74, 6) is 1.59. The molecule has 0 spiro atoms. The molecule has 0 aliphatic heterocycles. The molecule has 0 unspecified atom stereocenters. The molecule has 2 aromatic carbocycles. The Bertz CT molecular complexity index is 1250. The molecule has 0 N–H and O–H groups in total. The van der Waals surface area contributed by atoms with E-state index in [0.717, 1.165) is 41.0 Å². The minimum Gasteiger partial charge on any atom is -0.490 e. The van der Waals surface area contributed by atoms with Crippen molar-refractivity contribution in [3.63, 3.8) is 0 Å². The van der Waals surface area contributed by atoms with Crippen LogP contribution >= 0.6 is 11.3 Å². The molecule has 182 valence electrons. The predicted octanol–water partition coefficient (Wildman–Crippen LogP) is 7.64. The van der Waals surface area contributed by atoms with Crippen molar-refractivity contribution in [1.82, 2.24) is 0 Å². The number of benzene rings is 2. The Hall–Kier alpha value is -3.17. The van der Waals surface area contributed by atoms with Gasteiger partial charge in [-0.25, -0.2) is 9.38 Å². The van der Waals surface area contributed by atoms with E-state index < -0.39 is 0 Å². The molecule has 1 heterocycles. The summed E-state index contributed by atoms with van der Waals surface area (Å²) in [7, 11) is 0. The van der Waals surface area contributed by atoms with E-state index in [9.17, 15) is 9.65 Å². The highest BCUT2D eigenvalue weighted by Gasteiger charge is 2.32. The number of rotatable bonds is 7. The fourth-order valence-corrected chi connectivity index (χ4v) is 5.61. The zero-order chi connectivity index (χ0) is 25.0. The van der Waals surface area contributed by atoms with Crippen LogP contribution in [0.1, 0.15) is 61.2 Å². The maximum absolute atomic E-state index is 13.1. The molecule has 1 aliphatic carbocycles. The Kier molecular flexibility index (Phi) is 7.57. The predicted molar refractivity (Wildman–Crippen MR) is 140 cm³/mol. The van der Waals surface area contributed by atoms with Crippen LogP contribution in [-0.2, 0) is 19.4 Å². The van der Waals surface area contributed by atoms with Crippen LogP contribution in [-0.4, -0.2) is 12.8 Å². The number of nitriles is 1. The molecule has 4 rings (SSSR count). The van der Waals surface area contributed by atoms with Crippen molar-refractivity contribution in [3.8, 4) is 17.6 Å². The van der Waals surface area contributed by atoms with Crippen molar-refractivity contribution in [2.45, 2.75) is 53.6 Å². The maximum atomic E-state index is 13.1. The molecule has 4 nitrogen and oxygen atoms in total. The van der Waals surface area contributed by atoms with Crippen LogP contribution in [0.3, 0.4) is 0 Å². The van der Waals surface area contributed by atoms with Crippen molar-refractivity contribution in [3.05, 3.63) is 75.4 Å². The Morgan fingerprint density at radius 3 is 2.60 bits per heavy atom. The lowest BCUT2D eigenvalue weighted by atomic mass is 9.72. The third kappa shape index (κ3) is 5.91. The van der Waals surface area contributed by atoms with Crippen LogP contribution in [0.25, 0.3) is 0 Å². The maximum Gasteiger partial charge on any atom is 0.161 e. The lowest BCUT2D eigenvalue weighted by molar-refractivity contribution is 0.218. The highest BCUT2D eigenvalue weighted by Crippen LogP contribution is 2.45. The van der Waals surface area contributed by atoms with Gasteiger partial charge < -0.3 is 9.47 Å². The van der Waals surface area contributed by atoms with Crippen LogP contribution < -0.4 is 9.47 Å². The summed E-state index contributed by atoms with van der Waals surface area (Å²) in [4.78, 5) is 6.02. The Morgan fingerprint density at radius 1 is 1.14 bits per heavy atom. The van der Waals surface area contributed by atoms with Gasteiger partial charge in [-0.05, 0) is 84.5 Å². The summed E-state index contributed by atoms with van der Waals surface area (Å²) in [5, 5.41) is 10.6. The quantitative estimate of drug-likeness (QED) is 0.320. The number of halogens is 1. The van der Waals surface area contributed by atoms with Crippen molar-refractivity contribution in [2.75, 3.05) is 6.61 Å². The van der Waals surface area contributed by atoms with E-state index in [-0.39, 0.29) is 11.2 Å². The van der Waals surface area contributed by atoms with Crippen molar-refractivity contribution in [1.29, 1.82) is 5.26 Å². The number of hydrogen-bond donors (Lipinski definition) is 0. The molecule has 0 fully saturated rings. The van der Waals surface area contributed by atoms with E-state index >= 15 is 0 Å². The second-order valence-corrected chi connectivity index (χ2v) is 11.0. The summed E-state index contributed by atoms with van der Waals surface area (Å²) in [6.07, 6.45) is 4.86. The molecule has 1 aromatic heterocycles. The fourth-order valence-electron chi connectivity index (χ4n) is 4.38. The summed E-state index contributed by atoms with van der Waals surface area (Å²) >= 11 is 1.65. The topological polar surface area (TPSA) is 54.6 Å². The first-order chi connectivity index (χ1) is 16.8. The molecule has 35 heavy (non-hydrogen) atoms. The molecule has 6 heteroatoms. The number of hydrogen-bond acceptors (Lipinski definition) is 5. The minimum absolute atomic E-state index is 0.258.